The van der Waals surface area contributed by atoms with Crippen molar-refractivity contribution in [3.63, 3.8) is 0 Å². The zero-order chi connectivity index (χ0) is 20.1. The number of carbonyl (C=O) groups is 1. The van der Waals surface area contributed by atoms with Crippen molar-refractivity contribution in [2.75, 3.05) is 29.5 Å². The number of carboxylic acids is 1. The third-order valence-electron chi connectivity index (χ3n) is 5.01. The van der Waals surface area contributed by atoms with Gasteiger partial charge < -0.3 is 10.0 Å². The van der Waals surface area contributed by atoms with E-state index in [0.717, 1.165) is 29.7 Å². The molecule has 28 heavy (non-hydrogen) atoms. The summed E-state index contributed by atoms with van der Waals surface area (Å²) in [6.45, 7) is 1.04. The van der Waals surface area contributed by atoms with Gasteiger partial charge in [0.25, 0.3) is 0 Å². The summed E-state index contributed by atoms with van der Waals surface area (Å²) in [7, 11) is -2.89. The van der Waals surface area contributed by atoms with Gasteiger partial charge in [-0.3, -0.25) is 0 Å². The van der Waals surface area contributed by atoms with Crippen LogP contribution in [0.25, 0.3) is 6.08 Å². The highest BCUT2D eigenvalue weighted by atomic mass is 32.2. The molecule has 7 heteroatoms. The first-order valence-electron chi connectivity index (χ1n) is 9.18. The maximum absolute atomic E-state index is 11.5. The van der Waals surface area contributed by atoms with Crippen molar-refractivity contribution in [2.24, 2.45) is 0 Å². The number of hydrogen-bond donors (Lipinski definition) is 1. The second-order valence-electron chi connectivity index (χ2n) is 6.95. The Labute approximate surface area is 165 Å². The highest BCUT2D eigenvalue weighted by Gasteiger charge is 2.21. The van der Waals surface area contributed by atoms with Crippen molar-refractivity contribution in [2.45, 2.75) is 19.3 Å². The van der Waals surface area contributed by atoms with Gasteiger partial charge in [0.1, 0.15) is 11.6 Å². The molecule has 1 fully saturated rings. The molecular weight excluding hydrogens is 376 g/mol. The lowest BCUT2D eigenvalue weighted by Gasteiger charge is -2.28. The van der Waals surface area contributed by atoms with Crippen LogP contribution in [-0.4, -0.2) is 44.1 Å². The van der Waals surface area contributed by atoms with E-state index in [1.807, 2.05) is 36.4 Å². The molecule has 1 aliphatic heterocycles. The molecule has 146 valence electrons. The lowest BCUT2D eigenvalue weighted by atomic mass is 9.91. The van der Waals surface area contributed by atoms with Crippen molar-refractivity contribution in [1.82, 2.24) is 0 Å². The van der Waals surface area contributed by atoms with Gasteiger partial charge in [0, 0.05) is 18.8 Å². The monoisotopic (exact) mass is 398 g/mol. The molecule has 1 heterocycles. The summed E-state index contributed by atoms with van der Waals surface area (Å²) in [5, 5.41) is 18.1. The van der Waals surface area contributed by atoms with Crippen LogP contribution in [0.4, 0.5) is 5.69 Å². The van der Waals surface area contributed by atoms with Gasteiger partial charge in [0.05, 0.1) is 11.5 Å². The summed E-state index contributed by atoms with van der Waals surface area (Å²) >= 11 is 0. The van der Waals surface area contributed by atoms with Gasteiger partial charge in [-0.15, -0.1) is 0 Å². The largest absolute Gasteiger partial charge is 0.477 e. The summed E-state index contributed by atoms with van der Waals surface area (Å²) in [6.07, 6.45) is 7.99. The molecule has 0 spiro atoms. The molecular formula is C21H22N2O4S. The Morgan fingerprint density at radius 1 is 1.11 bits per heavy atom. The summed E-state index contributed by atoms with van der Waals surface area (Å²) in [4.78, 5) is 13.2. The lowest BCUT2D eigenvalue weighted by molar-refractivity contribution is -0.132. The molecule has 0 unspecified atom stereocenters. The van der Waals surface area contributed by atoms with Crippen LogP contribution in [0.15, 0.2) is 53.1 Å². The summed E-state index contributed by atoms with van der Waals surface area (Å²) in [5.74, 6) is -0.792. The highest BCUT2D eigenvalue weighted by molar-refractivity contribution is 7.91. The van der Waals surface area contributed by atoms with Crippen LogP contribution in [0.3, 0.4) is 0 Å². The first-order chi connectivity index (χ1) is 13.4. The molecule has 0 saturated carbocycles. The highest BCUT2D eigenvalue weighted by Crippen LogP contribution is 2.26. The minimum absolute atomic E-state index is 0.182. The van der Waals surface area contributed by atoms with Gasteiger partial charge in [-0.05, 0) is 48.1 Å². The molecule has 3 rings (SSSR count). The first-order valence-corrected chi connectivity index (χ1v) is 11.0. The molecule has 0 amide bonds. The third-order valence-corrected chi connectivity index (χ3v) is 6.62. The standard InChI is InChI=1S/C21H22N2O4S/c22-15-20(21(24)25)18-3-1-2-17(14-18)5-4-16-6-8-19(9-7-16)23-10-12-28(26,27)13-11-23/h4-9,14H,1-3,10-13H2,(H,24,25)/b5-4+,20-18+. The predicted molar refractivity (Wildman–Crippen MR) is 109 cm³/mol. The van der Waals surface area contributed by atoms with E-state index in [4.69, 9.17) is 10.4 Å². The zero-order valence-electron chi connectivity index (χ0n) is 15.5. The Morgan fingerprint density at radius 2 is 1.79 bits per heavy atom. The van der Waals surface area contributed by atoms with E-state index in [0.29, 0.717) is 25.1 Å². The van der Waals surface area contributed by atoms with E-state index in [1.54, 1.807) is 12.1 Å². The zero-order valence-corrected chi connectivity index (χ0v) is 16.3. The number of aliphatic carboxylic acids is 1. The van der Waals surface area contributed by atoms with Crippen molar-refractivity contribution >= 4 is 27.6 Å². The minimum atomic E-state index is -2.89. The van der Waals surface area contributed by atoms with Crippen LogP contribution in [0.5, 0.6) is 0 Å². The van der Waals surface area contributed by atoms with Crippen molar-refractivity contribution in [3.05, 3.63) is 58.7 Å². The lowest BCUT2D eigenvalue weighted by Crippen LogP contribution is -2.40. The molecule has 1 N–H and O–H groups in total. The van der Waals surface area contributed by atoms with Gasteiger partial charge >= 0.3 is 5.97 Å². The number of rotatable bonds is 4. The fourth-order valence-electron chi connectivity index (χ4n) is 3.41. The SMILES string of the molecule is N#C/C(C(=O)O)=C1C=C(/C=C/c2ccc(N3CCS(=O)(=O)CC3)cc2)CCC\1. The molecule has 1 aromatic carbocycles. The van der Waals surface area contributed by atoms with Crippen LogP contribution >= 0.6 is 0 Å². The first kappa shape index (κ1) is 19.9. The van der Waals surface area contributed by atoms with Gasteiger partial charge in [-0.1, -0.05) is 30.4 Å². The van der Waals surface area contributed by atoms with E-state index in [1.165, 1.54) is 0 Å². The second kappa shape index (κ2) is 8.44. The Hall–Kier alpha value is -2.85. The number of anilines is 1. The number of allylic oxidation sites excluding steroid dienone is 4. The van der Waals surface area contributed by atoms with Crippen molar-refractivity contribution in [3.8, 4) is 6.07 Å². The molecule has 0 bridgehead atoms. The number of hydrogen-bond acceptors (Lipinski definition) is 5. The fourth-order valence-corrected chi connectivity index (χ4v) is 4.61. The molecule has 2 aliphatic rings. The van der Waals surface area contributed by atoms with Gasteiger partial charge in [0.15, 0.2) is 9.84 Å². The van der Waals surface area contributed by atoms with Crippen LogP contribution in [0, 0.1) is 11.3 Å². The minimum Gasteiger partial charge on any atom is -0.477 e. The number of nitriles is 1. The average Bonchev–Trinajstić information content (AvgIpc) is 2.67. The number of benzene rings is 1. The van der Waals surface area contributed by atoms with Crippen molar-refractivity contribution < 1.29 is 18.3 Å². The van der Waals surface area contributed by atoms with E-state index < -0.39 is 15.8 Å². The van der Waals surface area contributed by atoms with Crippen LogP contribution < -0.4 is 4.90 Å². The normalized spacial score (nSPS) is 21.1. The van der Waals surface area contributed by atoms with Gasteiger partial charge in [0.2, 0.25) is 0 Å². The van der Waals surface area contributed by atoms with Crippen LogP contribution in [-0.2, 0) is 14.6 Å². The maximum Gasteiger partial charge on any atom is 0.346 e. The number of carboxylic acid groups (broad SMARTS) is 1. The van der Waals surface area contributed by atoms with Gasteiger partial charge in [-0.25, -0.2) is 13.2 Å². The van der Waals surface area contributed by atoms with E-state index in [9.17, 15) is 13.2 Å². The molecule has 1 saturated heterocycles. The van der Waals surface area contributed by atoms with Crippen LogP contribution in [0.1, 0.15) is 24.8 Å². The Kier molecular flexibility index (Phi) is 6.00. The predicted octanol–water partition coefficient (Wildman–Crippen LogP) is 2.95. The molecule has 0 aromatic heterocycles. The van der Waals surface area contributed by atoms with E-state index in [2.05, 4.69) is 4.90 Å². The summed E-state index contributed by atoms with van der Waals surface area (Å²) in [5.41, 5.74) is 3.41. The van der Waals surface area contributed by atoms with E-state index >= 15 is 0 Å². The topological polar surface area (TPSA) is 98.5 Å². The summed E-state index contributed by atoms with van der Waals surface area (Å²) < 4.78 is 23.1. The average molecular weight is 398 g/mol. The smallest absolute Gasteiger partial charge is 0.346 e. The Balaban J connectivity index is 1.70. The molecule has 1 aromatic rings. The van der Waals surface area contributed by atoms with E-state index in [-0.39, 0.29) is 17.1 Å². The molecule has 1 aliphatic carbocycles. The van der Waals surface area contributed by atoms with Crippen LogP contribution in [0.2, 0.25) is 0 Å². The fraction of sp³-hybridized carbons (Fsp3) is 0.333. The summed E-state index contributed by atoms with van der Waals surface area (Å²) in [6, 6.07) is 9.70. The maximum atomic E-state index is 11.5. The molecule has 0 atom stereocenters. The molecule has 6 nitrogen and oxygen atoms in total. The number of sulfone groups is 1. The Morgan fingerprint density at radius 3 is 2.39 bits per heavy atom. The quantitative estimate of drug-likeness (QED) is 0.618. The second-order valence-corrected chi connectivity index (χ2v) is 9.26. The number of nitrogens with zero attached hydrogens (tertiary/aromatic N) is 2. The Bertz CT molecular complexity index is 982. The molecule has 0 radical (unpaired) electrons. The van der Waals surface area contributed by atoms with Crippen molar-refractivity contribution in [1.29, 1.82) is 5.26 Å². The third kappa shape index (κ3) is 4.90. The van der Waals surface area contributed by atoms with Gasteiger partial charge in [-0.2, -0.15) is 5.26 Å².